The number of nitrogens with zero attached hydrogens (tertiary/aromatic N) is 3. The summed E-state index contributed by atoms with van der Waals surface area (Å²) in [6, 6.07) is 2.38. The number of carbonyl (C=O) groups excluding carboxylic acids is 1. The summed E-state index contributed by atoms with van der Waals surface area (Å²) in [6.45, 7) is 7.21. The van der Waals surface area contributed by atoms with Crippen molar-refractivity contribution in [1.29, 1.82) is 5.26 Å². The maximum absolute atomic E-state index is 11.5. The van der Waals surface area contributed by atoms with Crippen LogP contribution >= 0.6 is 0 Å². The molecule has 4 nitrogen and oxygen atoms in total. The second-order valence-corrected chi connectivity index (χ2v) is 4.20. The minimum absolute atomic E-state index is 0.0314. The fraction of sp³-hybridized carbons (Fsp3) is 0.833. The smallest absolute Gasteiger partial charge is 0.222 e. The molecular weight excluding hydrogens is 202 g/mol. The summed E-state index contributed by atoms with van der Waals surface area (Å²) in [5, 5.41) is 9.06. The molecular formula is C12H21N3O. The average Bonchev–Trinajstić information content (AvgIpc) is 2.35. The third-order valence-electron chi connectivity index (χ3n) is 3.12. The molecule has 4 heteroatoms. The van der Waals surface area contributed by atoms with Gasteiger partial charge >= 0.3 is 0 Å². The van der Waals surface area contributed by atoms with Crippen molar-refractivity contribution in [3.05, 3.63) is 0 Å². The van der Waals surface area contributed by atoms with Crippen LogP contribution in [0.2, 0.25) is 0 Å². The lowest BCUT2D eigenvalue weighted by Gasteiger charge is -2.36. The fourth-order valence-corrected chi connectivity index (χ4v) is 2.11. The first kappa shape index (κ1) is 13.0. The van der Waals surface area contributed by atoms with Crippen molar-refractivity contribution < 1.29 is 4.79 Å². The van der Waals surface area contributed by atoms with E-state index in [9.17, 15) is 4.79 Å². The summed E-state index contributed by atoms with van der Waals surface area (Å²) >= 11 is 0. The lowest BCUT2D eigenvalue weighted by Crippen LogP contribution is -2.51. The van der Waals surface area contributed by atoms with Crippen molar-refractivity contribution in [2.75, 3.05) is 26.2 Å². The molecule has 0 bridgehead atoms. The maximum Gasteiger partial charge on any atom is 0.222 e. The molecule has 1 aliphatic rings. The Morgan fingerprint density at radius 1 is 1.31 bits per heavy atom. The first-order chi connectivity index (χ1) is 7.72. The topological polar surface area (TPSA) is 47.3 Å². The van der Waals surface area contributed by atoms with Gasteiger partial charge in [0.15, 0.2) is 0 Å². The van der Waals surface area contributed by atoms with Gasteiger partial charge in [-0.05, 0) is 6.42 Å². The Morgan fingerprint density at radius 3 is 2.38 bits per heavy atom. The summed E-state index contributed by atoms with van der Waals surface area (Å²) in [5.74, 6) is 0.226. The minimum Gasteiger partial charge on any atom is -0.340 e. The number of piperazine rings is 1. The molecule has 1 amide bonds. The number of carbonyl (C=O) groups is 1. The molecule has 1 fully saturated rings. The van der Waals surface area contributed by atoms with Crippen LogP contribution in [0.3, 0.4) is 0 Å². The molecule has 0 aromatic heterocycles. The maximum atomic E-state index is 11.5. The molecule has 0 aromatic carbocycles. The molecule has 1 saturated heterocycles. The molecule has 0 saturated carbocycles. The molecule has 1 heterocycles. The van der Waals surface area contributed by atoms with Crippen molar-refractivity contribution in [3.63, 3.8) is 0 Å². The van der Waals surface area contributed by atoms with Crippen LogP contribution in [0.5, 0.6) is 0 Å². The van der Waals surface area contributed by atoms with Crippen LogP contribution in [0.1, 0.15) is 33.1 Å². The lowest BCUT2D eigenvalue weighted by molar-refractivity contribution is -0.132. The molecule has 1 rings (SSSR count). The van der Waals surface area contributed by atoms with Gasteiger partial charge in [-0.25, -0.2) is 0 Å². The van der Waals surface area contributed by atoms with E-state index in [1.54, 1.807) is 0 Å². The van der Waals surface area contributed by atoms with E-state index in [1.165, 1.54) is 0 Å². The third-order valence-corrected chi connectivity index (χ3v) is 3.12. The van der Waals surface area contributed by atoms with Gasteiger partial charge in [-0.2, -0.15) is 5.26 Å². The van der Waals surface area contributed by atoms with Crippen molar-refractivity contribution in [3.8, 4) is 6.07 Å². The van der Waals surface area contributed by atoms with E-state index < -0.39 is 0 Å². The van der Waals surface area contributed by atoms with Crippen LogP contribution in [-0.4, -0.2) is 47.9 Å². The van der Waals surface area contributed by atoms with Gasteiger partial charge < -0.3 is 4.90 Å². The Kier molecular flexibility index (Phi) is 5.27. The van der Waals surface area contributed by atoms with E-state index in [4.69, 9.17) is 5.26 Å². The van der Waals surface area contributed by atoms with E-state index >= 15 is 0 Å². The summed E-state index contributed by atoms with van der Waals surface area (Å²) in [5.41, 5.74) is 0. The number of nitriles is 1. The Hall–Kier alpha value is -1.08. The number of rotatable bonds is 4. The van der Waals surface area contributed by atoms with Gasteiger partial charge in [-0.15, -0.1) is 0 Å². The van der Waals surface area contributed by atoms with Gasteiger partial charge in [-0.1, -0.05) is 20.3 Å². The lowest BCUT2D eigenvalue weighted by atomic mass is 10.1. The molecule has 16 heavy (non-hydrogen) atoms. The summed E-state index contributed by atoms with van der Waals surface area (Å²) in [6.07, 6.45) is 2.54. The molecule has 0 radical (unpaired) electrons. The van der Waals surface area contributed by atoms with Crippen molar-refractivity contribution >= 4 is 5.91 Å². The molecule has 1 aliphatic heterocycles. The first-order valence-corrected chi connectivity index (χ1v) is 6.14. The van der Waals surface area contributed by atoms with E-state index in [2.05, 4.69) is 17.9 Å². The van der Waals surface area contributed by atoms with Crippen LogP contribution < -0.4 is 0 Å². The fourth-order valence-electron chi connectivity index (χ4n) is 2.11. The highest BCUT2D eigenvalue weighted by atomic mass is 16.2. The second kappa shape index (κ2) is 6.49. The van der Waals surface area contributed by atoms with Crippen LogP contribution in [0.15, 0.2) is 0 Å². The predicted octanol–water partition coefficient (Wildman–Crippen LogP) is 1.23. The SMILES string of the molecule is CCCC(C#N)N1CCN(C(=O)CC)CC1. The largest absolute Gasteiger partial charge is 0.340 e. The second-order valence-electron chi connectivity index (χ2n) is 4.20. The molecule has 0 aromatic rings. The quantitative estimate of drug-likeness (QED) is 0.720. The van der Waals surface area contributed by atoms with Crippen molar-refractivity contribution in [1.82, 2.24) is 9.80 Å². The zero-order valence-corrected chi connectivity index (χ0v) is 10.3. The molecule has 90 valence electrons. The zero-order chi connectivity index (χ0) is 12.0. The standard InChI is InChI=1S/C12H21N3O/c1-3-5-11(10-13)14-6-8-15(9-7-14)12(16)4-2/h11H,3-9H2,1-2H3. The van der Waals surface area contributed by atoms with Crippen LogP contribution in [-0.2, 0) is 4.79 Å². The average molecular weight is 223 g/mol. The summed E-state index contributed by atoms with van der Waals surface area (Å²) < 4.78 is 0. The minimum atomic E-state index is 0.0314. The van der Waals surface area contributed by atoms with Gasteiger partial charge in [0.25, 0.3) is 0 Å². The third kappa shape index (κ3) is 3.21. The Morgan fingerprint density at radius 2 is 1.94 bits per heavy atom. The number of amides is 1. The van der Waals surface area contributed by atoms with Crippen LogP contribution in [0.4, 0.5) is 0 Å². The Balaban J connectivity index is 2.42. The molecule has 0 aliphatic carbocycles. The highest BCUT2D eigenvalue weighted by Crippen LogP contribution is 2.11. The van der Waals surface area contributed by atoms with E-state index in [-0.39, 0.29) is 11.9 Å². The molecule has 1 unspecified atom stereocenters. The number of hydrogen-bond donors (Lipinski definition) is 0. The predicted molar refractivity (Wildman–Crippen MR) is 62.8 cm³/mol. The Labute approximate surface area is 97.8 Å². The monoisotopic (exact) mass is 223 g/mol. The van der Waals surface area contributed by atoms with Crippen LogP contribution in [0.25, 0.3) is 0 Å². The van der Waals surface area contributed by atoms with Crippen molar-refractivity contribution in [2.24, 2.45) is 0 Å². The molecule has 1 atom stereocenters. The van der Waals surface area contributed by atoms with Gasteiger partial charge in [0.05, 0.1) is 12.1 Å². The van der Waals surface area contributed by atoms with E-state index in [1.807, 2.05) is 11.8 Å². The Bertz CT molecular complexity index is 264. The van der Waals surface area contributed by atoms with Gasteiger partial charge in [-0.3, -0.25) is 9.69 Å². The first-order valence-electron chi connectivity index (χ1n) is 6.14. The zero-order valence-electron chi connectivity index (χ0n) is 10.3. The molecule has 0 N–H and O–H groups in total. The van der Waals surface area contributed by atoms with E-state index in [0.717, 1.165) is 39.0 Å². The normalized spacial score (nSPS) is 19.2. The van der Waals surface area contributed by atoms with E-state index in [0.29, 0.717) is 6.42 Å². The molecule has 0 spiro atoms. The number of hydrogen-bond acceptors (Lipinski definition) is 3. The van der Waals surface area contributed by atoms with Crippen molar-refractivity contribution in [2.45, 2.75) is 39.2 Å². The summed E-state index contributed by atoms with van der Waals surface area (Å²) in [4.78, 5) is 15.6. The van der Waals surface area contributed by atoms with Gasteiger partial charge in [0.1, 0.15) is 0 Å². The summed E-state index contributed by atoms with van der Waals surface area (Å²) in [7, 11) is 0. The van der Waals surface area contributed by atoms with Crippen LogP contribution in [0, 0.1) is 11.3 Å². The van der Waals surface area contributed by atoms with Gasteiger partial charge in [0, 0.05) is 32.6 Å². The highest BCUT2D eigenvalue weighted by Gasteiger charge is 2.24. The highest BCUT2D eigenvalue weighted by molar-refractivity contribution is 5.75. The van der Waals surface area contributed by atoms with Gasteiger partial charge in [0.2, 0.25) is 5.91 Å².